The van der Waals surface area contributed by atoms with Crippen LogP contribution in [-0.4, -0.2) is 57.3 Å². The lowest BCUT2D eigenvalue weighted by Crippen LogP contribution is -2.53. The molecule has 0 heterocycles. The zero-order valence-electron chi connectivity index (χ0n) is 37.9. The molecule has 56 heavy (non-hydrogen) atoms. The highest BCUT2D eigenvalue weighted by Gasteiger charge is 2.28. The lowest BCUT2D eigenvalue weighted by Gasteiger charge is -2.27. The lowest BCUT2D eigenvalue weighted by molar-refractivity contribution is -0.132. The first-order valence-corrected chi connectivity index (χ1v) is 25.4. The van der Waals surface area contributed by atoms with Gasteiger partial charge in [-0.05, 0) is 12.8 Å². The Labute approximate surface area is 350 Å². The molecule has 0 bridgehead atoms. The summed E-state index contributed by atoms with van der Waals surface area (Å²) in [6, 6.07) is -0.978. The first-order valence-electron chi connectivity index (χ1n) is 25.4. The van der Waals surface area contributed by atoms with E-state index in [9.17, 15) is 25.2 Å². The molecule has 1 amide bonds. The third kappa shape index (κ3) is 38.8. The Balaban J connectivity index is 3.52. The molecule has 0 fully saturated rings. The van der Waals surface area contributed by atoms with Gasteiger partial charge in [-0.1, -0.05) is 271 Å². The molecule has 0 saturated carbocycles. The second-order valence-electron chi connectivity index (χ2n) is 17.9. The van der Waals surface area contributed by atoms with E-state index in [-0.39, 0.29) is 0 Å². The predicted molar refractivity (Wildman–Crippen MR) is 242 cm³/mol. The van der Waals surface area contributed by atoms with Crippen molar-refractivity contribution in [2.24, 2.45) is 0 Å². The Morgan fingerprint density at radius 3 is 0.857 bits per heavy atom. The van der Waals surface area contributed by atoms with Crippen LogP contribution in [0.25, 0.3) is 0 Å². The van der Waals surface area contributed by atoms with Crippen molar-refractivity contribution < 1.29 is 25.2 Å². The molecule has 0 aliphatic carbocycles. The van der Waals surface area contributed by atoms with E-state index in [1.54, 1.807) is 0 Å². The van der Waals surface area contributed by atoms with E-state index in [1.165, 1.54) is 218 Å². The van der Waals surface area contributed by atoms with Crippen LogP contribution in [0.5, 0.6) is 0 Å². The largest absolute Gasteiger partial charge is 0.394 e. The molecule has 0 aromatic rings. The van der Waals surface area contributed by atoms with Crippen molar-refractivity contribution in [1.82, 2.24) is 5.32 Å². The normalized spacial score (nSPS) is 13.9. The summed E-state index contributed by atoms with van der Waals surface area (Å²) in [6.45, 7) is 4.05. The average molecular weight is 796 g/mol. The standard InChI is InChI=1S/C50H101NO5/c1-3-5-7-9-11-13-15-16-17-18-19-20-21-22-23-24-25-26-27-28-29-30-31-32-33-34-36-37-39-41-43-47(53)49(55)46(45-52)51-50(56)48(54)44-42-40-38-35-14-12-10-8-6-4-2/h46-49,52-55H,3-45H2,1-2H3,(H,51,56). The van der Waals surface area contributed by atoms with Crippen molar-refractivity contribution in [2.45, 2.75) is 308 Å². The molecule has 0 rings (SSSR count). The van der Waals surface area contributed by atoms with E-state index >= 15 is 0 Å². The third-order valence-corrected chi connectivity index (χ3v) is 12.3. The quantitative estimate of drug-likeness (QED) is 0.0394. The second kappa shape index (κ2) is 45.4. The number of aliphatic hydroxyl groups is 4. The topological polar surface area (TPSA) is 110 Å². The third-order valence-electron chi connectivity index (χ3n) is 12.3. The molecule has 0 radical (unpaired) electrons. The highest BCUT2D eigenvalue weighted by atomic mass is 16.3. The van der Waals surface area contributed by atoms with Crippen LogP contribution in [0, 0.1) is 0 Å². The molecule has 5 N–H and O–H groups in total. The molecule has 6 nitrogen and oxygen atoms in total. The molecule has 0 aliphatic rings. The average Bonchev–Trinajstić information content (AvgIpc) is 3.20. The van der Waals surface area contributed by atoms with Crippen molar-refractivity contribution >= 4 is 5.91 Å². The van der Waals surface area contributed by atoms with Gasteiger partial charge in [-0.3, -0.25) is 4.79 Å². The van der Waals surface area contributed by atoms with Crippen molar-refractivity contribution in [3.8, 4) is 0 Å². The molecule has 6 heteroatoms. The van der Waals surface area contributed by atoms with E-state index < -0.39 is 36.9 Å². The molecule has 0 saturated heterocycles. The molecule has 0 aliphatic heterocycles. The minimum absolute atomic E-state index is 0.374. The summed E-state index contributed by atoms with van der Waals surface area (Å²) >= 11 is 0. The van der Waals surface area contributed by atoms with Gasteiger partial charge in [-0.2, -0.15) is 0 Å². The Bertz CT molecular complexity index is 766. The SMILES string of the molecule is CCCCCCCCCCCCCCCCCCCCCCCCCCCCCCCCC(O)C(O)C(CO)NC(=O)C(O)CCCCCCCCCCCC. The number of hydrogen-bond acceptors (Lipinski definition) is 5. The molecule has 4 unspecified atom stereocenters. The Morgan fingerprint density at radius 2 is 0.607 bits per heavy atom. The van der Waals surface area contributed by atoms with Crippen LogP contribution in [0.1, 0.15) is 284 Å². The minimum atomic E-state index is -1.25. The number of rotatable bonds is 47. The van der Waals surface area contributed by atoms with Crippen LogP contribution >= 0.6 is 0 Å². The molecular formula is C50H101NO5. The highest BCUT2D eigenvalue weighted by molar-refractivity contribution is 5.80. The number of amides is 1. The number of hydrogen-bond donors (Lipinski definition) is 5. The van der Waals surface area contributed by atoms with Gasteiger partial charge in [0.05, 0.1) is 18.8 Å². The maximum absolute atomic E-state index is 12.5. The molecular weight excluding hydrogens is 695 g/mol. The van der Waals surface area contributed by atoms with E-state index in [0.29, 0.717) is 12.8 Å². The van der Waals surface area contributed by atoms with E-state index in [0.717, 1.165) is 38.5 Å². The Morgan fingerprint density at radius 1 is 0.375 bits per heavy atom. The molecule has 0 spiro atoms. The minimum Gasteiger partial charge on any atom is -0.394 e. The van der Waals surface area contributed by atoms with Crippen molar-refractivity contribution in [1.29, 1.82) is 0 Å². The van der Waals surface area contributed by atoms with Gasteiger partial charge >= 0.3 is 0 Å². The summed E-state index contributed by atoms with van der Waals surface area (Å²) in [5.41, 5.74) is 0. The van der Waals surface area contributed by atoms with E-state index in [4.69, 9.17) is 0 Å². The van der Waals surface area contributed by atoms with Crippen LogP contribution in [0.4, 0.5) is 0 Å². The monoisotopic (exact) mass is 796 g/mol. The van der Waals surface area contributed by atoms with Gasteiger partial charge in [-0.25, -0.2) is 0 Å². The number of unbranched alkanes of at least 4 members (excludes halogenated alkanes) is 38. The molecule has 4 atom stereocenters. The fourth-order valence-electron chi connectivity index (χ4n) is 8.29. The van der Waals surface area contributed by atoms with Gasteiger partial charge in [0.2, 0.25) is 5.91 Å². The van der Waals surface area contributed by atoms with E-state index in [1.807, 2.05) is 0 Å². The summed E-state index contributed by atoms with van der Waals surface area (Å²) in [6.07, 6.45) is 50.4. The van der Waals surface area contributed by atoms with Crippen molar-refractivity contribution in [3.05, 3.63) is 0 Å². The maximum atomic E-state index is 12.5. The second-order valence-corrected chi connectivity index (χ2v) is 17.9. The summed E-state index contributed by atoms with van der Waals surface area (Å²) < 4.78 is 0. The number of aliphatic hydroxyl groups excluding tert-OH is 4. The zero-order valence-corrected chi connectivity index (χ0v) is 37.9. The van der Waals surface area contributed by atoms with Gasteiger partial charge in [0.15, 0.2) is 0 Å². The Hall–Kier alpha value is -0.690. The van der Waals surface area contributed by atoms with Crippen LogP contribution in [-0.2, 0) is 4.79 Å². The zero-order chi connectivity index (χ0) is 41.0. The Kier molecular flexibility index (Phi) is 44.8. The maximum Gasteiger partial charge on any atom is 0.249 e. The predicted octanol–water partition coefficient (Wildman–Crippen LogP) is 14.0. The van der Waals surface area contributed by atoms with Gasteiger partial charge in [0.25, 0.3) is 0 Å². The first kappa shape index (κ1) is 55.3. The number of carbonyl (C=O) groups excluding carboxylic acids is 1. The smallest absolute Gasteiger partial charge is 0.249 e. The number of carbonyl (C=O) groups is 1. The highest BCUT2D eigenvalue weighted by Crippen LogP contribution is 2.18. The molecule has 336 valence electrons. The van der Waals surface area contributed by atoms with Gasteiger partial charge in [0, 0.05) is 0 Å². The summed E-state index contributed by atoms with van der Waals surface area (Å²) in [4.78, 5) is 12.5. The molecule has 0 aromatic heterocycles. The van der Waals surface area contributed by atoms with Crippen molar-refractivity contribution in [2.75, 3.05) is 6.61 Å². The number of nitrogens with one attached hydrogen (secondary N) is 1. The van der Waals surface area contributed by atoms with Crippen LogP contribution in [0.15, 0.2) is 0 Å². The van der Waals surface area contributed by atoms with Crippen LogP contribution in [0.2, 0.25) is 0 Å². The first-order chi connectivity index (χ1) is 27.5. The molecule has 0 aromatic carbocycles. The fourth-order valence-corrected chi connectivity index (χ4v) is 8.29. The van der Waals surface area contributed by atoms with Gasteiger partial charge in [-0.15, -0.1) is 0 Å². The van der Waals surface area contributed by atoms with Crippen LogP contribution < -0.4 is 5.32 Å². The van der Waals surface area contributed by atoms with Crippen LogP contribution in [0.3, 0.4) is 0 Å². The summed E-state index contributed by atoms with van der Waals surface area (Å²) in [5.74, 6) is -0.581. The van der Waals surface area contributed by atoms with Gasteiger partial charge in [0.1, 0.15) is 12.2 Å². The summed E-state index contributed by atoms with van der Waals surface area (Å²) in [7, 11) is 0. The fraction of sp³-hybridized carbons (Fsp3) is 0.980. The summed E-state index contributed by atoms with van der Waals surface area (Å²) in [5, 5.41) is 43.7. The van der Waals surface area contributed by atoms with E-state index in [2.05, 4.69) is 19.2 Å². The van der Waals surface area contributed by atoms with Crippen molar-refractivity contribution in [3.63, 3.8) is 0 Å². The van der Waals surface area contributed by atoms with Gasteiger partial charge < -0.3 is 25.7 Å². The lowest BCUT2D eigenvalue weighted by atomic mass is 9.99.